The van der Waals surface area contributed by atoms with Gasteiger partial charge >= 0.3 is 5.76 Å². The third-order valence-electron chi connectivity index (χ3n) is 2.32. The second-order valence-corrected chi connectivity index (χ2v) is 4.21. The largest absolute Gasteiger partial charge is 0.442 e. The first kappa shape index (κ1) is 10.0. The highest BCUT2D eigenvalue weighted by molar-refractivity contribution is 7.08. The molecule has 2 heterocycles. The molecule has 0 unspecified atom stereocenters. The number of aromatic nitrogens is 2. The summed E-state index contributed by atoms with van der Waals surface area (Å²) in [4.78, 5) is 11.7. The Hall–Kier alpha value is -2.14. The van der Waals surface area contributed by atoms with Gasteiger partial charge in [-0.3, -0.25) is 0 Å². The van der Waals surface area contributed by atoms with Crippen molar-refractivity contribution in [3.05, 3.63) is 57.7 Å². The number of hydrogen-bond donors (Lipinski definition) is 0. The van der Waals surface area contributed by atoms with Crippen LogP contribution in [0.3, 0.4) is 0 Å². The summed E-state index contributed by atoms with van der Waals surface area (Å²) in [5, 5.41) is 7.90. The van der Waals surface area contributed by atoms with Gasteiger partial charge in [0.25, 0.3) is 0 Å². The van der Waals surface area contributed by atoms with Gasteiger partial charge in [-0.25, -0.2) is 4.79 Å². The van der Waals surface area contributed by atoms with Crippen molar-refractivity contribution in [3.8, 4) is 17.1 Å². The zero-order chi connectivity index (χ0) is 11.7. The molecular formula is C12H8N2O2S. The number of thiophene rings is 1. The Labute approximate surface area is 101 Å². The van der Waals surface area contributed by atoms with E-state index in [1.54, 1.807) is 0 Å². The van der Waals surface area contributed by atoms with Gasteiger partial charge in [0.05, 0.1) is 5.69 Å². The Morgan fingerprint density at radius 1 is 1.18 bits per heavy atom. The Morgan fingerprint density at radius 2 is 2.00 bits per heavy atom. The van der Waals surface area contributed by atoms with E-state index in [1.165, 1.54) is 16.0 Å². The zero-order valence-corrected chi connectivity index (χ0v) is 9.55. The Kier molecular flexibility index (Phi) is 2.38. The molecule has 0 amide bonds. The molecule has 0 aliphatic heterocycles. The van der Waals surface area contributed by atoms with Crippen LogP contribution in [0, 0.1) is 0 Å². The van der Waals surface area contributed by atoms with Crippen LogP contribution in [0.1, 0.15) is 0 Å². The lowest BCUT2D eigenvalue weighted by atomic mass is 10.2. The first-order valence-corrected chi connectivity index (χ1v) is 5.97. The fourth-order valence-electron chi connectivity index (χ4n) is 1.52. The number of rotatable bonds is 2. The summed E-state index contributed by atoms with van der Waals surface area (Å²) in [6, 6.07) is 11.2. The molecule has 3 rings (SSSR count). The van der Waals surface area contributed by atoms with Crippen molar-refractivity contribution >= 4 is 11.3 Å². The lowest BCUT2D eigenvalue weighted by molar-refractivity contribution is 0.516. The van der Waals surface area contributed by atoms with E-state index in [0.717, 1.165) is 11.3 Å². The average Bonchev–Trinajstić information content (AvgIpc) is 2.99. The number of nitrogens with zero attached hydrogens (tertiary/aromatic N) is 2. The van der Waals surface area contributed by atoms with E-state index < -0.39 is 5.76 Å². The standard InChI is InChI=1S/C12H8N2O2S/c15-12-14(10-6-7-17-8-10)13-11(16-12)9-4-2-1-3-5-9/h1-8H. The predicted molar refractivity (Wildman–Crippen MR) is 65.4 cm³/mol. The molecule has 5 heteroatoms. The van der Waals surface area contributed by atoms with Crippen molar-refractivity contribution in [1.82, 2.24) is 9.78 Å². The van der Waals surface area contributed by atoms with Crippen LogP contribution in [0.5, 0.6) is 0 Å². The van der Waals surface area contributed by atoms with Crippen LogP contribution in [-0.2, 0) is 0 Å². The molecule has 0 bridgehead atoms. The van der Waals surface area contributed by atoms with Crippen LogP contribution in [0.25, 0.3) is 17.1 Å². The third-order valence-corrected chi connectivity index (χ3v) is 2.99. The third kappa shape index (κ3) is 1.81. The molecular weight excluding hydrogens is 236 g/mol. The van der Waals surface area contributed by atoms with Crippen molar-refractivity contribution in [2.24, 2.45) is 0 Å². The fourth-order valence-corrected chi connectivity index (χ4v) is 2.13. The smallest absolute Gasteiger partial charge is 0.387 e. The fraction of sp³-hybridized carbons (Fsp3) is 0. The summed E-state index contributed by atoms with van der Waals surface area (Å²) in [5.74, 6) is -0.135. The Bertz CT molecular complexity index is 668. The minimum Gasteiger partial charge on any atom is -0.387 e. The maximum atomic E-state index is 11.7. The predicted octanol–water partition coefficient (Wildman–Crippen LogP) is 2.55. The van der Waals surface area contributed by atoms with Gasteiger partial charge in [-0.05, 0) is 23.6 Å². The molecule has 0 N–H and O–H groups in total. The van der Waals surface area contributed by atoms with Crippen LogP contribution in [0.2, 0.25) is 0 Å². The average molecular weight is 244 g/mol. The van der Waals surface area contributed by atoms with Gasteiger partial charge in [0, 0.05) is 10.9 Å². The molecule has 84 valence electrons. The van der Waals surface area contributed by atoms with Crippen LogP contribution in [-0.4, -0.2) is 9.78 Å². The molecule has 0 spiro atoms. The van der Waals surface area contributed by atoms with Crippen LogP contribution >= 0.6 is 11.3 Å². The van der Waals surface area contributed by atoms with Crippen molar-refractivity contribution < 1.29 is 4.42 Å². The molecule has 0 fully saturated rings. The Balaban J connectivity index is 2.11. The van der Waals surface area contributed by atoms with Gasteiger partial charge in [-0.1, -0.05) is 18.2 Å². The highest BCUT2D eigenvalue weighted by Gasteiger charge is 2.11. The topological polar surface area (TPSA) is 48.0 Å². The van der Waals surface area contributed by atoms with Crippen molar-refractivity contribution in [1.29, 1.82) is 0 Å². The maximum Gasteiger partial charge on any atom is 0.442 e. The van der Waals surface area contributed by atoms with Gasteiger partial charge in [0.2, 0.25) is 5.89 Å². The normalized spacial score (nSPS) is 10.6. The molecule has 0 atom stereocenters. The molecule has 2 aromatic heterocycles. The Morgan fingerprint density at radius 3 is 2.71 bits per heavy atom. The summed E-state index contributed by atoms with van der Waals surface area (Å²) >= 11 is 1.51. The van der Waals surface area contributed by atoms with E-state index in [1.807, 2.05) is 47.2 Å². The van der Waals surface area contributed by atoms with E-state index in [-0.39, 0.29) is 0 Å². The van der Waals surface area contributed by atoms with E-state index in [9.17, 15) is 4.79 Å². The van der Waals surface area contributed by atoms with Gasteiger partial charge < -0.3 is 4.42 Å². The molecule has 17 heavy (non-hydrogen) atoms. The van der Waals surface area contributed by atoms with Crippen molar-refractivity contribution in [2.75, 3.05) is 0 Å². The second-order valence-electron chi connectivity index (χ2n) is 3.43. The van der Waals surface area contributed by atoms with Gasteiger partial charge in [0.15, 0.2) is 0 Å². The molecule has 1 aromatic carbocycles. The van der Waals surface area contributed by atoms with Crippen LogP contribution < -0.4 is 5.76 Å². The maximum absolute atomic E-state index is 11.7. The summed E-state index contributed by atoms with van der Waals surface area (Å²) in [6.45, 7) is 0. The van der Waals surface area contributed by atoms with Gasteiger partial charge in [-0.2, -0.15) is 16.0 Å². The first-order chi connectivity index (χ1) is 8.34. The number of benzene rings is 1. The minimum atomic E-state index is -0.470. The first-order valence-electron chi connectivity index (χ1n) is 5.03. The van der Waals surface area contributed by atoms with Crippen molar-refractivity contribution in [2.45, 2.75) is 0 Å². The van der Waals surface area contributed by atoms with Crippen LogP contribution in [0.4, 0.5) is 0 Å². The van der Waals surface area contributed by atoms with E-state index in [2.05, 4.69) is 5.10 Å². The van der Waals surface area contributed by atoms with E-state index in [0.29, 0.717) is 5.89 Å². The molecule has 3 aromatic rings. The summed E-state index contributed by atoms with van der Waals surface area (Å²) < 4.78 is 6.39. The highest BCUT2D eigenvalue weighted by atomic mass is 32.1. The molecule has 4 nitrogen and oxygen atoms in total. The molecule has 0 aliphatic rings. The highest BCUT2D eigenvalue weighted by Crippen LogP contribution is 2.16. The minimum absolute atomic E-state index is 0.335. The monoisotopic (exact) mass is 244 g/mol. The zero-order valence-electron chi connectivity index (χ0n) is 8.74. The van der Waals surface area contributed by atoms with Crippen molar-refractivity contribution in [3.63, 3.8) is 0 Å². The molecule has 0 saturated carbocycles. The number of hydrogen-bond acceptors (Lipinski definition) is 4. The molecule has 0 aliphatic carbocycles. The van der Waals surface area contributed by atoms with E-state index in [4.69, 9.17) is 4.42 Å². The summed E-state index contributed by atoms with van der Waals surface area (Å²) in [7, 11) is 0. The van der Waals surface area contributed by atoms with Gasteiger partial charge in [-0.15, -0.1) is 5.10 Å². The summed E-state index contributed by atoms with van der Waals surface area (Å²) in [6.07, 6.45) is 0. The van der Waals surface area contributed by atoms with E-state index >= 15 is 0 Å². The second kappa shape index (κ2) is 4.03. The lowest BCUT2D eigenvalue weighted by Gasteiger charge is -1.92. The summed E-state index contributed by atoms with van der Waals surface area (Å²) in [5.41, 5.74) is 1.52. The quantitative estimate of drug-likeness (QED) is 0.696. The molecule has 0 radical (unpaired) electrons. The SMILES string of the molecule is O=c1oc(-c2ccccc2)nn1-c1ccsc1. The van der Waals surface area contributed by atoms with Gasteiger partial charge in [0.1, 0.15) is 0 Å². The van der Waals surface area contributed by atoms with Crippen LogP contribution in [0.15, 0.2) is 56.4 Å². The molecule has 0 saturated heterocycles. The lowest BCUT2D eigenvalue weighted by Crippen LogP contribution is -2.12.